The Labute approximate surface area is 99.1 Å². The fourth-order valence-corrected chi connectivity index (χ4v) is 2.79. The highest BCUT2D eigenvalue weighted by Gasteiger charge is 2.21. The molecule has 1 aromatic carbocycles. The van der Waals surface area contributed by atoms with Crippen LogP contribution in [0.25, 0.3) is 0 Å². The van der Waals surface area contributed by atoms with E-state index >= 15 is 0 Å². The molecule has 0 heteroatoms. The Balaban J connectivity index is 1.81. The van der Waals surface area contributed by atoms with E-state index in [2.05, 4.69) is 37.1 Å². The first-order valence-electron chi connectivity index (χ1n) is 6.37. The summed E-state index contributed by atoms with van der Waals surface area (Å²) < 4.78 is 0. The van der Waals surface area contributed by atoms with Crippen molar-refractivity contribution in [3.8, 4) is 0 Å². The van der Waals surface area contributed by atoms with Crippen LogP contribution in [0.4, 0.5) is 0 Å². The SMILES string of the molecule is [CH]1CC[C](c2cccc([C]3C[CH]CC3)c2)C1. The van der Waals surface area contributed by atoms with Crippen molar-refractivity contribution < 1.29 is 0 Å². The Morgan fingerprint density at radius 1 is 0.750 bits per heavy atom. The number of hydrogen-bond donors (Lipinski definition) is 0. The molecule has 2 aliphatic rings. The van der Waals surface area contributed by atoms with Gasteiger partial charge in [-0.3, -0.25) is 0 Å². The van der Waals surface area contributed by atoms with Gasteiger partial charge in [0.05, 0.1) is 0 Å². The van der Waals surface area contributed by atoms with Gasteiger partial charge < -0.3 is 0 Å². The summed E-state index contributed by atoms with van der Waals surface area (Å²) in [7, 11) is 0. The molecule has 0 aliphatic heterocycles. The van der Waals surface area contributed by atoms with Gasteiger partial charge in [0.25, 0.3) is 0 Å². The van der Waals surface area contributed by atoms with Crippen LogP contribution in [0.1, 0.15) is 49.7 Å². The second-order valence-corrected chi connectivity index (χ2v) is 4.85. The van der Waals surface area contributed by atoms with Crippen LogP contribution in [-0.2, 0) is 0 Å². The fourth-order valence-electron chi connectivity index (χ4n) is 2.79. The molecule has 0 saturated heterocycles. The standard InChI is InChI=1S/C16H18/c1-2-7-13(6-1)15-10-5-11-16(12-15)14-8-3-4-9-14/h1,3,5,10-12H,2,4,6-9H2. The molecule has 0 spiro atoms. The van der Waals surface area contributed by atoms with Crippen molar-refractivity contribution in [1.29, 1.82) is 0 Å². The van der Waals surface area contributed by atoms with Gasteiger partial charge in [0.15, 0.2) is 0 Å². The summed E-state index contributed by atoms with van der Waals surface area (Å²) in [4.78, 5) is 0. The van der Waals surface area contributed by atoms with Crippen LogP contribution >= 0.6 is 0 Å². The largest absolute Gasteiger partial charge is 0.0617 e. The summed E-state index contributed by atoms with van der Waals surface area (Å²) >= 11 is 0. The molecule has 0 unspecified atom stereocenters. The topological polar surface area (TPSA) is 0 Å². The van der Waals surface area contributed by atoms with E-state index in [0.29, 0.717) is 0 Å². The van der Waals surface area contributed by atoms with Crippen LogP contribution in [0.15, 0.2) is 24.3 Å². The van der Waals surface area contributed by atoms with Crippen LogP contribution in [0, 0.1) is 24.7 Å². The Hall–Kier alpha value is -0.780. The van der Waals surface area contributed by atoms with Crippen molar-refractivity contribution in [1.82, 2.24) is 0 Å². The zero-order chi connectivity index (χ0) is 10.8. The van der Waals surface area contributed by atoms with Gasteiger partial charge in [-0.25, -0.2) is 0 Å². The van der Waals surface area contributed by atoms with Crippen molar-refractivity contribution in [3.05, 3.63) is 60.1 Å². The number of rotatable bonds is 2. The third-order valence-electron chi connectivity index (χ3n) is 3.76. The van der Waals surface area contributed by atoms with E-state index in [0.717, 1.165) is 0 Å². The van der Waals surface area contributed by atoms with Crippen molar-refractivity contribution in [2.24, 2.45) is 0 Å². The van der Waals surface area contributed by atoms with E-state index in [9.17, 15) is 0 Å². The molecule has 2 saturated carbocycles. The monoisotopic (exact) mass is 210 g/mol. The molecule has 0 heterocycles. The predicted octanol–water partition coefficient (Wildman–Crippen LogP) is 4.31. The van der Waals surface area contributed by atoms with E-state index in [4.69, 9.17) is 0 Å². The molecule has 3 rings (SSSR count). The lowest BCUT2D eigenvalue weighted by Crippen LogP contribution is -1.98. The van der Waals surface area contributed by atoms with Crippen LogP contribution < -0.4 is 0 Å². The summed E-state index contributed by atoms with van der Waals surface area (Å²) in [5.74, 6) is 3.26. The normalized spacial score (nSPS) is 23.0. The molecule has 0 atom stereocenters. The van der Waals surface area contributed by atoms with Crippen molar-refractivity contribution >= 4 is 0 Å². The van der Waals surface area contributed by atoms with Gasteiger partial charge in [0, 0.05) is 11.8 Å². The lowest BCUT2D eigenvalue weighted by molar-refractivity contribution is 0.933. The fraction of sp³-hybridized carbons (Fsp3) is 0.375. The van der Waals surface area contributed by atoms with Crippen LogP contribution in [0.3, 0.4) is 0 Å². The summed E-state index contributed by atoms with van der Waals surface area (Å²) in [5, 5.41) is 0. The molecule has 4 radical (unpaired) electrons. The summed E-state index contributed by atoms with van der Waals surface area (Å²) in [5.41, 5.74) is 2.95. The maximum atomic E-state index is 2.41. The van der Waals surface area contributed by atoms with Crippen LogP contribution in [0.5, 0.6) is 0 Å². The minimum Gasteiger partial charge on any atom is -0.0617 e. The molecule has 0 amide bonds. The predicted molar refractivity (Wildman–Crippen MR) is 67.4 cm³/mol. The molecule has 82 valence electrons. The highest BCUT2D eigenvalue weighted by atomic mass is 14.3. The molecule has 2 aliphatic carbocycles. The van der Waals surface area contributed by atoms with E-state index < -0.39 is 0 Å². The molecule has 0 aromatic heterocycles. The third kappa shape index (κ3) is 2.03. The average Bonchev–Trinajstić information content (AvgIpc) is 3.03. The third-order valence-corrected chi connectivity index (χ3v) is 3.76. The Morgan fingerprint density at radius 2 is 1.31 bits per heavy atom. The molecule has 1 aromatic rings. The Morgan fingerprint density at radius 3 is 1.75 bits per heavy atom. The quantitative estimate of drug-likeness (QED) is 0.682. The Bertz CT molecular complexity index is 310. The summed E-state index contributed by atoms with van der Waals surface area (Å²) in [6, 6.07) is 9.18. The van der Waals surface area contributed by atoms with Crippen molar-refractivity contribution in [3.63, 3.8) is 0 Å². The lowest BCUT2D eigenvalue weighted by atomic mass is 9.91. The van der Waals surface area contributed by atoms with Gasteiger partial charge >= 0.3 is 0 Å². The second-order valence-electron chi connectivity index (χ2n) is 4.85. The lowest BCUT2D eigenvalue weighted by Gasteiger charge is -2.13. The average molecular weight is 210 g/mol. The van der Waals surface area contributed by atoms with Gasteiger partial charge in [-0.05, 0) is 62.5 Å². The maximum absolute atomic E-state index is 2.41. The van der Waals surface area contributed by atoms with E-state index in [1.165, 1.54) is 49.7 Å². The molecule has 0 N–H and O–H groups in total. The summed E-state index contributed by atoms with van der Waals surface area (Å²) in [6.07, 6.45) is 12.3. The molecule has 2 fully saturated rings. The smallest absolute Gasteiger partial charge is 0.00528 e. The van der Waals surface area contributed by atoms with Crippen LogP contribution in [-0.4, -0.2) is 0 Å². The number of benzene rings is 1. The minimum atomic E-state index is 1.20. The van der Waals surface area contributed by atoms with E-state index in [1.807, 2.05) is 0 Å². The van der Waals surface area contributed by atoms with Gasteiger partial charge in [0.1, 0.15) is 0 Å². The second kappa shape index (κ2) is 4.61. The maximum Gasteiger partial charge on any atom is 0.00528 e. The highest BCUT2D eigenvalue weighted by Crippen LogP contribution is 2.36. The number of hydrogen-bond acceptors (Lipinski definition) is 0. The zero-order valence-electron chi connectivity index (χ0n) is 9.71. The zero-order valence-corrected chi connectivity index (χ0v) is 9.71. The van der Waals surface area contributed by atoms with Gasteiger partial charge in [-0.1, -0.05) is 24.3 Å². The molecular weight excluding hydrogens is 192 g/mol. The molecule has 0 bridgehead atoms. The van der Waals surface area contributed by atoms with Gasteiger partial charge in [0.2, 0.25) is 0 Å². The van der Waals surface area contributed by atoms with E-state index in [-0.39, 0.29) is 0 Å². The van der Waals surface area contributed by atoms with Crippen molar-refractivity contribution in [2.75, 3.05) is 0 Å². The molecule has 16 heavy (non-hydrogen) atoms. The molecule has 0 nitrogen and oxygen atoms in total. The van der Waals surface area contributed by atoms with Gasteiger partial charge in [-0.15, -0.1) is 0 Å². The first-order chi connectivity index (χ1) is 7.93. The molecular formula is C16H18. The van der Waals surface area contributed by atoms with Crippen LogP contribution in [0.2, 0.25) is 0 Å². The van der Waals surface area contributed by atoms with Gasteiger partial charge in [-0.2, -0.15) is 0 Å². The Kier molecular flexibility index (Phi) is 2.99. The highest BCUT2D eigenvalue weighted by molar-refractivity contribution is 5.42. The summed E-state index contributed by atoms with van der Waals surface area (Å²) in [6.45, 7) is 0. The first kappa shape index (κ1) is 10.4. The first-order valence-corrected chi connectivity index (χ1v) is 6.37. The van der Waals surface area contributed by atoms with Crippen molar-refractivity contribution in [2.45, 2.75) is 38.5 Å². The van der Waals surface area contributed by atoms with E-state index in [1.54, 1.807) is 11.8 Å². The minimum absolute atomic E-state index is 1.20.